The van der Waals surface area contributed by atoms with E-state index in [1.807, 2.05) is 36.0 Å². The standard InChI is InChI=1S/C25H34FN7O3/c1-2-35-11-12-36-10-9-33-15-16-13-17(7-8-21(16)32-33)29-24-18(23(28)34)14-19(26)25(31-24)30-22-6-4-3-5-20(22)27/h7-8,13-15,20,22H,2-6,9-12,27H2,1H3,(H2,28,34)(H2,29,30,31). The number of nitrogens with one attached hydrogen (secondary N) is 2. The molecular formula is C25H34FN7O3. The molecule has 1 fully saturated rings. The Balaban J connectivity index is 1.49. The molecule has 11 heteroatoms. The number of aromatic nitrogens is 3. The SMILES string of the molecule is CCOCCOCCn1cc2cc(Nc3nc(NC4CCCCC4N)c(F)cc3C(N)=O)ccc2n1. The molecule has 1 aliphatic rings. The number of nitrogens with two attached hydrogens (primary N) is 2. The van der Waals surface area contributed by atoms with Crippen LogP contribution in [0.15, 0.2) is 30.5 Å². The van der Waals surface area contributed by atoms with Gasteiger partial charge in [-0.15, -0.1) is 0 Å². The fourth-order valence-corrected chi connectivity index (χ4v) is 4.32. The van der Waals surface area contributed by atoms with E-state index < -0.39 is 11.7 Å². The maximum atomic E-state index is 14.8. The average Bonchev–Trinajstić information content (AvgIpc) is 3.26. The molecule has 3 aromatic rings. The molecule has 2 atom stereocenters. The van der Waals surface area contributed by atoms with Gasteiger partial charge in [-0.3, -0.25) is 9.48 Å². The summed E-state index contributed by atoms with van der Waals surface area (Å²) in [5.41, 5.74) is 13.2. The maximum absolute atomic E-state index is 14.8. The van der Waals surface area contributed by atoms with Gasteiger partial charge in [0, 0.05) is 36.0 Å². The van der Waals surface area contributed by atoms with E-state index in [-0.39, 0.29) is 29.3 Å². The molecule has 1 amide bonds. The predicted octanol–water partition coefficient (Wildman–Crippen LogP) is 3.15. The zero-order valence-electron chi connectivity index (χ0n) is 20.5. The summed E-state index contributed by atoms with van der Waals surface area (Å²) < 4.78 is 27.4. The Morgan fingerprint density at radius 1 is 1.17 bits per heavy atom. The number of pyridine rings is 1. The molecule has 0 aliphatic heterocycles. The zero-order valence-corrected chi connectivity index (χ0v) is 20.5. The van der Waals surface area contributed by atoms with Crippen molar-refractivity contribution in [3.05, 3.63) is 41.8 Å². The van der Waals surface area contributed by atoms with Crippen molar-refractivity contribution in [3.8, 4) is 0 Å². The molecule has 1 aliphatic carbocycles. The number of primary amides is 1. The Labute approximate surface area is 209 Å². The van der Waals surface area contributed by atoms with Gasteiger partial charge in [-0.25, -0.2) is 9.37 Å². The molecule has 1 saturated carbocycles. The highest BCUT2D eigenvalue weighted by molar-refractivity contribution is 5.99. The van der Waals surface area contributed by atoms with Gasteiger partial charge in [-0.05, 0) is 44.0 Å². The molecule has 36 heavy (non-hydrogen) atoms. The third-order valence-corrected chi connectivity index (χ3v) is 6.24. The lowest BCUT2D eigenvalue weighted by atomic mass is 9.91. The van der Waals surface area contributed by atoms with Gasteiger partial charge in [0.25, 0.3) is 5.91 Å². The third-order valence-electron chi connectivity index (χ3n) is 6.24. The van der Waals surface area contributed by atoms with E-state index in [0.717, 1.165) is 42.7 Å². The highest BCUT2D eigenvalue weighted by Crippen LogP contribution is 2.28. The fraction of sp³-hybridized carbons (Fsp3) is 0.480. The molecular weight excluding hydrogens is 465 g/mol. The minimum atomic E-state index is -0.775. The molecule has 1 aromatic carbocycles. The van der Waals surface area contributed by atoms with Gasteiger partial charge in [0.05, 0.1) is 37.4 Å². The van der Waals surface area contributed by atoms with Crippen LogP contribution >= 0.6 is 0 Å². The van der Waals surface area contributed by atoms with Crippen molar-refractivity contribution in [2.45, 2.75) is 51.2 Å². The van der Waals surface area contributed by atoms with Crippen LogP contribution in [-0.4, -0.2) is 59.2 Å². The number of nitrogens with zero attached hydrogens (tertiary/aromatic N) is 3. The van der Waals surface area contributed by atoms with Gasteiger partial charge in [0.15, 0.2) is 11.6 Å². The van der Waals surface area contributed by atoms with Crippen LogP contribution in [0, 0.1) is 5.82 Å². The van der Waals surface area contributed by atoms with Gasteiger partial charge in [-0.2, -0.15) is 5.10 Å². The smallest absolute Gasteiger partial charge is 0.252 e. The number of carbonyl (C=O) groups is 1. The van der Waals surface area contributed by atoms with Crippen LogP contribution in [0.2, 0.25) is 0 Å². The zero-order chi connectivity index (χ0) is 25.5. The normalized spacial score (nSPS) is 17.9. The van der Waals surface area contributed by atoms with Crippen molar-refractivity contribution in [3.63, 3.8) is 0 Å². The minimum Gasteiger partial charge on any atom is -0.379 e. The lowest BCUT2D eigenvalue weighted by Gasteiger charge is -2.30. The van der Waals surface area contributed by atoms with Crippen molar-refractivity contribution in [2.24, 2.45) is 11.5 Å². The van der Waals surface area contributed by atoms with E-state index in [9.17, 15) is 9.18 Å². The number of carbonyl (C=O) groups excluding carboxylic acids is 1. The first-order valence-electron chi connectivity index (χ1n) is 12.4. The first-order chi connectivity index (χ1) is 17.4. The largest absolute Gasteiger partial charge is 0.379 e. The van der Waals surface area contributed by atoms with Gasteiger partial charge in [0.2, 0.25) is 0 Å². The Hall–Kier alpha value is -3.28. The Kier molecular flexibility index (Phi) is 8.68. The highest BCUT2D eigenvalue weighted by atomic mass is 19.1. The van der Waals surface area contributed by atoms with E-state index in [4.69, 9.17) is 20.9 Å². The second-order valence-corrected chi connectivity index (χ2v) is 8.88. The van der Waals surface area contributed by atoms with Crippen molar-refractivity contribution < 1.29 is 18.7 Å². The molecule has 0 saturated heterocycles. The van der Waals surface area contributed by atoms with Crippen LogP contribution in [-0.2, 0) is 16.0 Å². The quantitative estimate of drug-likeness (QED) is 0.278. The Morgan fingerprint density at radius 3 is 2.75 bits per heavy atom. The van der Waals surface area contributed by atoms with Crippen molar-refractivity contribution in [1.82, 2.24) is 14.8 Å². The van der Waals surface area contributed by atoms with Gasteiger partial charge in [0.1, 0.15) is 5.82 Å². The van der Waals surface area contributed by atoms with Gasteiger partial charge < -0.3 is 31.6 Å². The molecule has 194 valence electrons. The number of anilines is 3. The molecule has 2 unspecified atom stereocenters. The summed E-state index contributed by atoms with van der Waals surface area (Å²) in [5, 5.41) is 11.7. The van der Waals surface area contributed by atoms with E-state index in [1.54, 1.807) is 0 Å². The average molecular weight is 500 g/mol. The summed E-state index contributed by atoms with van der Waals surface area (Å²) in [4.78, 5) is 16.4. The van der Waals surface area contributed by atoms with E-state index in [0.29, 0.717) is 38.7 Å². The number of hydrogen-bond acceptors (Lipinski definition) is 8. The van der Waals surface area contributed by atoms with Crippen molar-refractivity contribution >= 4 is 34.1 Å². The fourth-order valence-electron chi connectivity index (χ4n) is 4.32. The molecule has 0 spiro atoms. The summed E-state index contributed by atoms with van der Waals surface area (Å²) in [6, 6.07) is 6.50. The molecule has 0 radical (unpaired) electrons. The number of fused-ring (bicyclic) bond motifs is 1. The summed E-state index contributed by atoms with van der Waals surface area (Å²) in [5.74, 6) is -1.20. The van der Waals surface area contributed by atoms with E-state index in [1.165, 1.54) is 0 Å². The van der Waals surface area contributed by atoms with Gasteiger partial charge >= 0.3 is 0 Å². The number of benzene rings is 1. The lowest BCUT2D eigenvalue weighted by Crippen LogP contribution is -2.43. The van der Waals surface area contributed by atoms with Crippen molar-refractivity contribution in [2.75, 3.05) is 37.1 Å². The van der Waals surface area contributed by atoms with Gasteiger partial charge in [-0.1, -0.05) is 12.8 Å². The Bertz CT molecular complexity index is 1190. The van der Waals surface area contributed by atoms with E-state index in [2.05, 4.69) is 20.7 Å². The maximum Gasteiger partial charge on any atom is 0.252 e. The summed E-state index contributed by atoms with van der Waals surface area (Å²) in [6.45, 7) is 4.86. The highest BCUT2D eigenvalue weighted by Gasteiger charge is 2.24. The first kappa shape index (κ1) is 25.8. The van der Waals surface area contributed by atoms with Crippen LogP contribution in [0.5, 0.6) is 0 Å². The Morgan fingerprint density at radius 2 is 1.97 bits per heavy atom. The molecule has 10 nitrogen and oxygen atoms in total. The van der Waals surface area contributed by atoms with E-state index >= 15 is 0 Å². The molecule has 0 bridgehead atoms. The number of rotatable bonds is 12. The second kappa shape index (κ2) is 12.1. The minimum absolute atomic E-state index is 0.0361. The third kappa shape index (κ3) is 6.48. The van der Waals surface area contributed by atoms with Crippen LogP contribution in [0.4, 0.5) is 21.7 Å². The van der Waals surface area contributed by atoms with Crippen LogP contribution in [0.25, 0.3) is 10.9 Å². The summed E-state index contributed by atoms with van der Waals surface area (Å²) >= 11 is 0. The van der Waals surface area contributed by atoms with Crippen LogP contribution < -0.4 is 22.1 Å². The topological polar surface area (TPSA) is 142 Å². The summed E-state index contributed by atoms with van der Waals surface area (Å²) in [6.07, 6.45) is 5.70. The number of ether oxygens (including phenoxy) is 2. The monoisotopic (exact) mass is 499 g/mol. The van der Waals surface area contributed by atoms with Crippen LogP contribution in [0.3, 0.4) is 0 Å². The molecule has 2 aromatic heterocycles. The molecule has 6 N–H and O–H groups in total. The van der Waals surface area contributed by atoms with Crippen LogP contribution in [0.1, 0.15) is 43.0 Å². The first-order valence-corrected chi connectivity index (χ1v) is 12.4. The van der Waals surface area contributed by atoms with Crippen molar-refractivity contribution in [1.29, 1.82) is 0 Å². The number of hydrogen-bond donors (Lipinski definition) is 4. The summed E-state index contributed by atoms with van der Waals surface area (Å²) in [7, 11) is 0. The predicted molar refractivity (Wildman–Crippen MR) is 137 cm³/mol. The number of halogens is 1. The molecule has 2 heterocycles. The lowest BCUT2D eigenvalue weighted by molar-refractivity contribution is 0.0488. The second-order valence-electron chi connectivity index (χ2n) is 8.88. The number of amides is 1. The molecule has 4 rings (SSSR count).